The molecular formula is C11H24N2. The van der Waals surface area contributed by atoms with Gasteiger partial charge in [-0.05, 0) is 38.3 Å². The molecule has 1 aliphatic rings. The molecule has 0 aromatic rings. The van der Waals surface area contributed by atoms with Gasteiger partial charge in [0.05, 0.1) is 0 Å². The Morgan fingerprint density at radius 3 is 2.54 bits per heavy atom. The van der Waals surface area contributed by atoms with E-state index in [4.69, 9.17) is 0 Å². The minimum atomic E-state index is 1.04. The fourth-order valence-electron chi connectivity index (χ4n) is 1.69. The first-order valence-electron chi connectivity index (χ1n) is 5.79. The fourth-order valence-corrected chi connectivity index (χ4v) is 1.69. The van der Waals surface area contributed by atoms with E-state index in [0.29, 0.717) is 0 Å². The van der Waals surface area contributed by atoms with Crippen molar-refractivity contribution >= 4 is 0 Å². The van der Waals surface area contributed by atoms with Crippen LogP contribution in [-0.2, 0) is 0 Å². The number of likely N-dealkylation sites (N-methyl/N-ethyl adjacent to an activating group) is 1. The van der Waals surface area contributed by atoms with Gasteiger partial charge in [0.25, 0.3) is 0 Å². The van der Waals surface area contributed by atoms with E-state index < -0.39 is 0 Å². The molecule has 1 N–H and O–H groups in total. The minimum absolute atomic E-state index is 1.04. The third-order valence-electron chi connectivity index (χ3n) is 2.61. The van der Waals surface area contributed by atoms with Crippen LogP contribution in [0.4, 0.5) is 0 Å². The van der Waals surface area contributed by atoms with E-state index in [2.05, 4.69) is 24.1 Å². The highest BCUT2D eigenvalue weighted by Crippen LogP contribution is 2.29. The fraction of sp³-hybridized carbons (Fsp3) is 1.00. The van der Waals surface area contributed by atoms with Crippen LogP contribution in [0.25, 0.3) is 0 Å². The topological polar surface area (TPSA) is 15.3 Å². The van der Waals surface area contributed by atoms with Crippen molar-refractivity contribution in [1.82, 2.24) is 10.2 Å². The Balaban J connectivity index is 2.04. The predicted octanol–water partition coefficient (Wildman–Crippen LogP) is 1.72. The summed E-state index contributed by atoms with van der Waals surface area (Å²) in [4.78, 5) is 2.61. The van der Waals surface area contributed by atoms with E-state index in [1.54, 1.807) is 0 Å². The Hall–Kier alpha value is -0.0800. The smallest absolute Gasteiger partial charge is 0.0107 e. The quantitative estimate of drug-likeness (QED) is 0.578. The molecule has 1 saturated carbocycles. The summed E-state index contributed by atoms with van der Waals surface area (Å²) in [6.07, 6.45) is 4.24. The highest BCUT2D eigenvalue weighted by molar-refractivity contribution is 4.77. The molecule has 0 aliphatic heterocycles. The molecule has 1 aliphatic carbocycles. The molecule has 1 fully saturated rings. The molecule has 0 aromatic carbocycles. The molecule has 0 radical (unpaired) electrons. The molecular weight excluding hydrogens is 160 g/mol. The number of hydrogen-bond donors (Lipinski definition) is 1. The molecule has 0 aromatic heterocycles. The van der Waals surface area contributed by atoms with Gasteiger partial charge in [-0.25, -0.2) is 0 Å². The second-order valence-corrected chi connectivity index (χ2v) is 4.10. The molecule has 0 heterocycles. The monoisotopic (exact) mass is 184 g/mol. The van der Waals surface area contributed by atoms with Gasteiger partial charge in [-0.2, -0.15) is 0 Å². The number of hydrogen-bond acceptors (Lipinski definition) is 2. The van der Waals surface area contributed by atoms with Gasteiger partial charge in [0.15, 0.2) is 0 Å². The van der Waals surface area contributed by atoms with E-state index in [9.17, 15) is 0 Å². The number of nitrogens with one attached hydrogen (secondary N) is 1. The molecule has 1 rings (SSSR count). The molecule has 0 atom stereocenters. The van der Waals surface area contributed by atoms with Crippen LogP contribution in [0, 0.1) is 5.92 Å². The summed E-state index contributed by atoms with van der Waals surface area (Å²) in [6.45, 7) is 10.6. The maximum Gasteiger partial charge on any atom is 0.0107 e. The third-order valence-corrected chi connectivity index (χ3v) is 2.61. The number of rotatable bonds is 8. The van der Waals surface area contributed by atoms with Crippen molar-refractivity contribution in [1.29, 1.82) is 0 Å². The molecule has 78 valence electrons. The molecule has 2 heteroatoms. The SMILES string of the molecule is CCCN(CCNCC)CC1CC1. The third kappa shape index (κ3) is 5.27. The van der Waals surface area contributed by atoms with E-state index in [-0.39, 0.29) is 0 Å². The molecule has 0 saturated heterocycles. The zero-order valence-corrected chi connectivity index (χ0v) is 9.18. The van der Waals surface area contributed by atoms with E-state index in [0.717, 1.165) is 19.0 Å². The lowest BCUT2D eigenvalue weighted by Crippen LogP contribution is -2.34. The van der Waals surface area contributed by atoms with E-state index >= 15 is 0 Å². The van der Waals surface area contributed by atoms with Gasteiger partial charge in [0.1, 0.15) is 0 Å². The van der Waals surface area contributed by atoms with Crippen LogP contribution >= 0.6 is 0 Å². The van der Waals surface area contributed by atoms with E-state index in [1.807, 2.05) is 0 Å². The average molecular weight is 184 g/mol. The summed E-state index contributed by atoms with van der Waals surface area (Å²) in [6, 6.07) is 0. The Kier molecular flexibility index (Phi) is 5.40. The zero-order chi connectivity index (χ0) is 9.52. The second kappa shape index (κ2) is 6.39. The largest absolute Gasteiger partial charge is 0.316 e. The Labute approximate surface area is 82.7 Å². The predicted molar refractivity (Wildman–Crippen MR) is 58.0 cm³/mol. The van der Waals surface area contributed by atoms with Gasteiger partial charge in [0.2, 0.25) is 0 Å². The maximum atomic E-state index is 3.39. The van der Waals surface area contributed by atoms with Crippen LogP contribution in [0.1, 0.15) is 33.1 Å². The summed E-state index contributed by atoms with van der Waals surface area (Å²) in [5.74, 6) is 1.04. The summed E-state index contributed by atoms with van der Waals surface area (Å²) in [7, 11) is 0. The van der Waals surface area contributed by atoms with Crippen LogP contribution in [0.5, 0.6) is 0 Å². The Morgan fingerprint density at radius 1 is 1.23 bits per heavy atom. The van der Waals surface area contributed by atoms with Gasteiger partial charge in [0, 0.05) is 19.6 Å². The summed E-state index contributed by atoms with van der Waals surface area (Å²) < 4.78 is 0. The van der Waals surface area contributed by atoms with Crippen molar-refractivity contribution in [2.24, 2.45) is 5.92 Å². The minimum Gasteiger partial charge on any atom is -0.316 e. The van der Waals surface area contributed by atoms with Gasteiger partial charge in [-0.1, -0.05) is 13.8 Å². The molecule has 13 heavy (non-hydrogen) atoms. The summed E-state index contributed by atoms with van der Waals surface area (Å²) in [5, 5.41) is 3.39. The molecule has 0 unspecified atom stereocenters. The van der Waals surface area contributed by atoms with Crippen LogP contribution in [0.2, 0.25) is 0 Å². The highest BCUT2D eigenvalue weighted by atomic mass is 15.1. The van der Waals surface area contributed by atoms with Crippen molar-refractivity contribution in [3.63, 3.8) is 0 Å². The average Bonchev–Trinajstić information content (AvgIpc) is 2.89. The van der Waals surface area contributed by atoms with Gasteiger partial charge in [-0.3, -0.25) is 0 Å². The van der Waals surface area contributed by atoms with Gasteiger partial charge in [-0.15, -0.1) is 0 Å². The molecule has 0 bridgehead atoms. The lowest BCUT2D eigenvalue weighted by Gasteiger charge is -2.21. The first-order valence-corrected chi connectivity index (χ1v) is 5.79. The second-order valence-electron chi connectivity index (χ2n) is 4.10. The van der Waals surface area contributed by atoms with Crippen molar-refractivity contribution in [2.75, 3.05) is 32.7 Å². The van der Waals surface area contributed by atoms with Crippen molar-refractivity contribution in [3.8, 4) is 0 Å². The molecule has 2 nitrogen and oxygen atoms in total. The molecule has 0 amide bonds. The lowest BCUT2D eigenvalue weighted by atomic mass is 10.3. The van der Waals surface area contributed by atoms with Gasteiger partial charge >= 0.3 is 0 Å². The van der Waals surface area contributed by atoms with Crippen LogP contribution in [-0.4, -0.2) is 37.6 Å². The highest BCUT2D eigenvalue weighted by Gasteiger charge is 2.23. The van der Waals surface area contributed by atoms with Crippen molar-refractivity contribution in [3.05, 3.63) is 0 Å². The van der Waals surface area contributed by atoms with Crippen molar-refractivity contribution in [2.45, 2.75) is 33.1 Å². The Morgan fingerprint density at radius 2 is 2.00 bits per heavy atom. The molecule has 0 spiro atoms. The summed E-state index contributed by atoms with van der Waals surface area (Å²) >= 11 is 0. The number of nitrogens with zero attached hydrogens (tertiary/aromatic N) is 1. The van der Waals surface area contributed by atoms with Gasteiger partial charge < -0.3 is 10.2 Å². The van der Waals surface area contributed by atoms with E-state index in [1.165, 1.54) is 38.9 Å². The van der Waals surface area contributed by atoms with Crippen LogP contribution < -0.4 is 5.32 Å². The summed E-state index contributed by atoms with van der Waals surface area (Å²) in [5.41, 5.74) is 0. The van der Waals surface area contributed by atoms with Crippen LogP contribution in [0.3, 0.4) is 0 Å². The normalized spacial score (nSPS) is 16.8. The Bertz CT molecular complexity index is 121. The maximum absolute atomic E-state index is 3.39. The first-order chi connectivity index (χ1) is 6.36. The lowest BCUT2D eigenvalue weighted by molar-refractivity contribution is 0.263. The van der Waals surface area contributed by atoms with Crippen molar-refractivity contribution < 1.29 is 0 Å². The first kappa shape index (κ1) is 11.0. The standard InChI is InChI=1S/C11H24N2/c1-3-8-13(9-7-12-4-2)10-11-5-6-11/h11-12H,3-10H2,1-2H3. The van der Waals surface area contributed by atoms with Crippen LogP contribution in [0.15, 0.2) is 0 Å². The zero-order valence-electron chi connectivity index (χ0n) is 9.18.